The van der Waals surface area contributed by atoms with E-state index in [1.54, 1.807) is 0 Å². The number of hydrogen-bond donors (Lipinski definition) is 0. The van der Waals surface area contributed by atoms with Crippen molar-refractivity contribution < 1.29 is 43.9 Å². The van der Waals surface area contributed by atoms with Gasteiger partial charge in [0.15, 0.2) is 0 Å². The van der Waals surface area contributed by atoms with Crippen LogP contribution in [0.5, 0.6) is 5.75 Å². The maximum Gasteiger partial charge on any atom is 1.00 e. The molecule has 1 aromatic rings. The van der Waals surface area contributed by atoms with Crippen molar-refractivity contribution >= 4 is 23.7 Å². The molecule has 0 bridgehead atoms. The molecule has 5 heteroatoms. The summed E-state index contributed by atoms with van der Waals surface area (Å²) in [5.41, 5.74) is 2.42. The molecule has 0 heterocycles. The van der Waals surface area contributed by atoms with Gasteiger partial charge in [-0.25, -0.2) is 0 Å². The molecule has 1 aromatic carbocycles. The fourth-order valence-corrected chi connectivity index (χ4v) is 2.84. The molecule has 0 fully saturated rings. The minimum atomic E-state index is -0.457. The zero-order valence-corrected chi connectivity index (χ0v) is 15.8. The molecule has 0 aliphatic heterocycles. The van der Waals surface area contributed by atoms with Crippen LogP contribution >= 0.6 is 0 Å². The summed E-state index contributed by atoms with van der Waals surface area (Å²) in [4.78, 5) is 22.5. The van der Waals surface area contributed by atoms with Gasteiger partial charge in [0.05, 0.1) is 0 Å². The van der Waals surface area contributed by atoms with Crippen LogP contribution in [-0.4, -0.2) is 11.1 Å². The molecule has 0 saturated carbocycles. The van der Waals surface area contributed by atoms with E-state index in [9.17, 15) is 9.59 Å². The Labute approximate surface area is 148 Å². The van der Waals surface area contributed by atoms with Crippen LogP contribution in [0.2, 0.25) is 0 Å². The molecule has 3 nitrogen and oxygen atoms in total. The Kier molecular flexibility index (Phi) is 7.39. The second-order valence-corrected chi connectivity index (χ2v) is 5.94. The topological polar surface area (TPSA) is 43.4 Å². The maximum absolute atomic E-state index is 11.3. The second kappa shape index (κ2) is 7.55. The number of hydrogen-bond acceptors (Lipinski definition) is 4. The Morgan fingerprint density at radius 2 is 1.80 bits per heavy atom. The van der Waals surface area contributed by atoms with Gasteiger partial charge in [0.1, 0.15) is 5.75 Å². The van der Waals surface area contributed by atoms with Gasteiger partial charge in [-0.1, -0.05) is 19.9 Å². The first-order valence-corrected chi connectivity index (χ1v) is 6.54. The first-order valence-electron chi connectivity index (χ1n) is 6.13. The van der Waals surface area contributed by atoms with Crippen molar-refractivity contribution in [3.63, 3.8) is 0 Å². The molecule has 0 aromatic heterocycles. The third-order valence-electron chi connectivity index (χ3n) is 2.96. The molecule has 0 amide bonds. The van der Waals surface area contributed by atoms with Gasteiger partial charge in [-0.3, -0.25) is 4.79 Å². The van der Waals surface area contributed by atoms with Crippen LogP contribution in [0.1, 0.15) is 43.9 Å². The molecular formula is C15H19NaO3S. The minimum Gasteiger partial charge on any atom is -0.742 e. The van der Waals surface area contributed by atoms with E-state index in [2.05, 4.69) is 12.6 Å². The second-order valence-electron chi connectivity index (χ2n) is 5.48. The van der Waals surface area contributed by atoms with Gasteiger partial charge in [0.2, 0.25) is 0 Å². The van der Waals surface area contributed by atoms with Crippen molar-refractivity contribution in [3.05, 3.63) is 28.8 Å². The SMILES string of the molecule is CC(=O)Oc1cc(C)cc(C)c1C(C)(C)CC(=O)[S-].[Na+]. The van der Waals surface area contributed by atoms with E-state index in [1.807, 2.05) is 39.8 Å². The first-order chi connectivity index (χ1) is 8.63. The van der Waals surface area contributed by atoms with Crippen LogP contribution in [0.4, 0.5) is 0 Å². The summed E-state index contributed by atoms with van der Waals surface area (Å²) in [6.07, 6.45) is 0.237. The maximum atomic E-state index is 11.3. The molecule has 0 saturated heterocycles. The third-order valence-corrected chi connectivity index (χ3v) is 3.10. The summed E-state index contributed by atoms with van der Waals surface area (Å²) in [6.45, 7) is 9.12. The monoisotopic (exact) mass is 302 g/mol. The number of benzene rings is 1. The van der Waals surface area contributed by atoms with E-state index >= 15 is 0 Å². The average molecular weight is 302 g/mol. The number of carbonyl (C=O) groups excluding carboxylic acids is 2. The summed E-state index contributed by atoms with van der Waals surface area (Å²) in [5.74, 6) is 0.151. The fourth-order valence-electron chi connectivity index (χ4n) is 2.48. The van der Waals surface area contributed by atoms with Crippen molar-refractivity contribution in [3.8, 4) is 5.75 Å². The molecule has 0 atom stereocenters. The number of rotatable bonds is 4. The van der Waals surface area contributed by atoms with E-state index in [0.717, 1.165) is 16.7 Å². The van der Waals surface area contributed by atoms with E-state index in [4.69, 9.17) is 4.74 Å². The summed E-state index contributed by atoms with van der Waals surface area (Å²) in [7, 11) is 0. The molecule has 104 valence electrons. The Bertz CT molecular complexity index is 524. The predicted octanol–water partition coefficient (Wildman–Crippen LogP) is -0.0261. The molecule has 0 spiro atoms. The number of ether oxygens (including phenoxy) is 1. The van der Waals surface area contributed by atoms with E-state index in [1.165, 1.54) is 6.92 Å². The minimum absolute atomic E-state index is 0. The molecule has 0 aliphatic rings. The Balaban J connectivity index is 0.00000361. The Hall–Kier alpha value is -0.420. The summed E-state index contributed by atoms with van der Waals surface area (Å²) >= 11 is 4.68. The van der Waals surface area contributed by atoms with Crippen LogP contribution in [-0.2, 0) is 27.6 Å². The van der Waals surface area contributed by atoms with Crippen LogP contribution in [0, 0.1) is 13.8 Å². The van der Waals surface area contributed by atoms with Gasteiger partial charge in [0.25, 0.3) is 0 Å². The molecule has 0 aliphatic carbocycles. The average Bonchev–Trinajstić information content (AvgIpc) is 2.10. The number of esters is 1. The molecule has 1 rings (SSSR count). The quantitative estimate of drug-likeness (QED) is 0.339. The summed E-state index contributed by atoms with van der Waals surface area (Å²) < 4.78 is 5.29. The van der Waals surface area contributed by atoms with Gasteiger partial charge < -0.3 is 22.2 Å². The van der Waals surface area contributed by atoms with E-state index < -0.39 is 5.41 Å². The molecule has 0 unspecified atom stereocenters. The largest absolute Gasteiger partial charge is 1.00 e. The first kappa shape index (κ1) is 19.6. The predicted molar refractivity (Wildman–Crippen MR) is 77.2 cm³/mol. The standard InChI is InChI=1S/C15H20O3S.Na/c1-9-6-10(2)14(12(7-9)18-11(3)16)15(4,5)8-13(17)19;/h6-7H,8H2,1-5H3,(H,17,19);/q;+1/p-1. The number of carbonyl (C=O) groups is 2. The third kappa shape index (κ3) is 5.17. The van der Waals surface area contributed by atoms with Crippen LogP contribution in [0.25, 0.3) is 0 Å². The molecular weight excluding hydrogens is 283 g/mol. The zero-order chi connectivity index (χ0) is 14.8. The normalized spacial score (nSPS) is 10.7. The molecule has 0 radical (unpaired) electrons. The van der Waals surface area contributed by atoms with Crippen LogP contribution in [0.15, 0.2) is 12.1 Å². The van der Waals surface area contributed by atoms with Gasteiger partial charge in [0, 0.05) is 17.6 Å². The van der Waals surface area contributed by atoms with Gasteiger partial charge in [-0.15, -0.1) is 0 Å². The van der Waals surface area contributed by atoms with Crippen LogP contribution in [0.3, 0.4) is 0 Å². The van der Waals surface area contributed by atoms with Gasteiger partial charge in [-0.05, 0) is 42.9 Å². The van der Waals surface area contributed by atoms with E-state index in [-0.39, 0.29) is 47.1 Å². The Morgan fingerprint density at radius 1 is 1.25 bits per heavy atom. The molecule has 0 N–H and O–H groups in total. The van der Waals surface area contributed by atoms with Gasteiger partial charge in [-0.2, -0.15) is 0 Å². The van der Waals surface area contributed by atoms with Crippen molar-refractivity contribution in [2.24, 2.45) is 0 Å². The van der Waals surface area contributed by atoms with Crippen LogP contribution < -0.4 is 34.3 Å². The summed E-state index contributed by atoms with van der Waals surface area (Å²) in [5, 5.41) is -0.293. The Morgan fingerprint density at radius 3 is 2.25 bits per heavy atom. The fraction of sp³-hybridized carbons (Fsp3) is 0.467. The van der Waals surface area contributed by atoms with Crippen molar-refractivity contribution in [2.45, 2.75) is 46.5 Å². The zero-order valence-electron chi connectivity index (χ0n) is 13.0. The summed E-state index contributed by atoms with van der Waals surface area (Å²) in [6, 6.07) is 3.83. The van der Waals surface area contributed by atoms with Crippen molar-refractivity contribution in [1.82, 2.24) is 0 Å². The van der Waals surface area contributed by atoms with Gasteiger partial charge >= 0.3 is 35.5 Å². The van der Waals surface area contributed by atoms with Crippen molar-refractivity contribution in [1.29, 1.82) is 0 Å². The van der Waals surface area contributed by atoms with E-state index in [0.29, 0.717) is 5.75 Å². The smallest absolute Gasteiger partial charge is 0.742 e. The molecule has 20 heavy (non-hydrogen) atoms. The van der Waals surface area contributed by atoms with Crippen molar-refractivity contribution in [2.75, 3.05) is 0 Å². The number of aryl methyl sites for hydroxylation is 2.